The van der Waals surface area contributed by atoms with E-state index in [2.05, 4.69) is 16.7 Å². The molecule has 0 aliphatic heterocycles. The number of carbonyl (C=O) groups excluding carboxylic acids is 1. The molecule has 0 unspecified atom stereocenters. The van der Waals surface area contributed by atoms with E-state index in [4.69, 9.17) is 10.5 Å². The third kappa shape index (κ3) is 4.48. The Hall–Kier alpha value is -2.69. The van der Waals surface area contributed by atoms with Crippen molar-refractivity contribution >= 4 is 28.8 Å². The normalized spacial score (nSPS) is 13.7. The van der Waals surface area contributed by atoms with E-state index in [0.717, 1.165) is 29.9 Å². The predicted octanol–water partition coefficient (Wildman–Crippen LogP) is 5.24. The molecule has 5 heteroatoms. The molecule has 138 valence electrons. The standard InChI is InChI=1S/C21H27N3O2/c1-21(2,3)26-20(25)24-16-11-9-15(10-12-16)23-18-13-8-14-6-4-5-7-17(14)19(18)22/h8-13,23H,4-7,22H2,1-3H3,(H,24,25). The number of amides is 1. The summed E-state index contributed by atoms with van der Waals surface area (Å²) >= 11 is 0. The van der Waals surface area contributed by atoms with Crippen LogP contribution in [0.2, 0.25) is 0 Å². The van der Waals surface area contributed by atoms with Crippen molar-refractivity contribution in [1.29, 1.82) is 0 Å². The highest BCUT2D eigenvalue weighted by Gasteiger charge is 2.16. The second kappa shape index (κ2) is 7.28. The third-order valence-corrected chi connectivity index (χ3v) is 4.39. The number of ether oxygens (including phenoxy) is 1. The second-order valence-corrected chi connectivity index (χ2v) is 7.70. The molecule has 0 radical (unpaired) electrons. The Kier molecular flexibility index (Phi) is 5.07. The van der Waals surface area contributed by atoms with Gasteiger partial charge in [0.1, 0.15) is 5.60 Å². The van der Waals surface area contributed by atoms with Crippen molar-refractivity contribution in [3.63, 3.8) is 0 Å². The van der Waals surface area contributed by atoms with Gasteiger partial charge in [-0.25, -0.2) is 4.79 Å². The lowest BCUT2D eigenvalue weighted by Gasteiger charge is -2.21. The van der Waals surface area contributed by atoms with Crippen molar-refractivity contribution in [2.45, 2.75) is 52.1 Å². The molecular formula is C21H27N3O2. The molecule has 0 bridgehead atoms. The van der Waals surface area contributed by atoms with Gasteiger partial charge >= 0.3 is 6.09 Å². The van der Waals surface area contributed by atoms with Crippen molar-refractivity contribution in [3.8, 4) is 0 Å². The van der Waals surface area contributed by atoms with Crippen molar-refractivity contribution < 1.29 is 9.53 Å². The van der Waals surface area contributed by atoms with E-state index >= 15 is 0 Å². The minimum absolute atomic E-state index is 0.461. The molecule has 0 spiro atoms. The van der Waals surface area contributed by atoms with Gasteiger partial charge in [-0.3, -0.25) is 5.32 Å². The fraction of sp³-hybridized carbons (Fsp3) is 0.381. The number of nitrogens with two attached hydrogens (primary N) is 1. The van der Waals surface area contributed by atoms with E-state index in [1.165, 1.54) is 24.0 Å². The minimum atomic E-state index is -0.518. The maximum atomic E-state index is 11.8. The molecule has 0 saturated heterocycles. The van der Waals surface area contributed by atoms with Crippen LogP contribution in [0.25, 0.3) is 0 Å². The number of aryl methyl sites for hydroxylation is 1. The Balaban J connectivity index is 1.67. The monoisotopic (exact) mass is 353 g/mol. The van der Waals surface area contributed by atoms with E-state index in [1.807, 2.05) is 51.1 Å². The van der Waals surface area contributed by atoms with Gasteiger partial charge in [0.2, 0.25) is 0 Å². The third-order valence-electron chi connectivity index (χ3n) is 4.39. The lowest BCUT2D eigenvalue weighted by molar-refractivity contribution is 0.0636. The fourth-order valence-electron chi connectivity index (χ4n) is 3.18. The maximum Gasteiger partial charge on any atom is 0.412 e. The second-order valence-electron chi connectivity index (χ2n) is 7.70. The molecule has 5 nitrogen and oxygen atoms in total. The number of carbonyl (C=O) groups is 1. The Morgan fingerprint density at radius 1 is 1.00 bits per heavy atom. The van der Waals surface area contributed by atoms with Gasteiger partial charge in [-0.05, 0) is 87.9 Å². The van der Waals surface area contributed by atoms with Crippen LogP contribution in [-0.4, -0.2) is 11.7 Å². The minimum Gasteiger partial charge on any atom is -0.444 e. The summed E-state index contributed by atoms with van der Waals surface area (Å²) in [6.45, 7) is 5.51. The number of benzene rings is 2. The molecule has 4 N–H and O–H groups in total. The van der Waals surface area contributed by atoms with E-state index in [-0.39, 0.29) is 0 Å². The summed E-state index contributed by atoms with van der Waals surface area (Å²) in [6.07, 6.45) is 4.15. The summed E-state index contributed by atoms with van der Waals surface area (Å²) in [5.74, 6) is 0. The van der Waals surface area contributed by atoms with Gasteiger partial charge in [0.15, 0.2) is 0 Å². The number of nitrogen functional groups attached to an aromatic ring is 1. The van der Waals surface area contributed by atoms with Crippen LogP contribution < -0.4 is 16.4 Å². The van der Waals surface area contributed by atoms with Gasteiger partial charge in [-0.15, -0.1) is 0 Å². The van der Waals surface area contributed by atoms with E-state index in [1.54, 1.807) is 0 Å². The largest absolute Gasteiger partial charge is 0.444 e. The molecule has 1 aliphatic rings. The molecule has 1 aliphatic carbocycles. The molecule has 0 aromatic heterocycles. The summed E-state index contributed by atoms with van der Waals surface area (Å²) in [6, 6.07) is 11.7. The first-order chi connectivity index (χ1) is 12.3. The summed E-state index contributed by atoms with van der Waals surface area (Å²) in [5.41, 5.74) is 11.9. The van der Waals surface area contributed by atoms with Crippen molar-refractivity contribution in [3.05, 3.63) is 47.5 Å². The fourth-order valence-corrected chi connectivity index (χ4v) is 3.18. The summed E-state index contributed by atoms with van der Waals surface area (Å²) in [5, 5.41) is 6.10. The molecule has 0 atom stereocenters. The average Bonchev–Trinajstić information content (AvgIpc) is 2.57. The van der Waals surface area contributed by atoms with Crippen LogP contribution in [0.1, 0.15) is 44.7 Å². The zero-order chi connectivity index (χ0) is 18.7. The number of anilines is 4. The molecular weight excluding hydrogens is 326 g/mol. The van der Waals surface area contributed by atoms with Gasteiger partial charge in [0.05, 0.1) is 11.4 Å². The molecule has 0 fully saturated rings. The highest BCUT2D eigenvalue weighted by molar-refractivity contribution is 5.85. The van der Waals surface area contributed by atoms with Crippen LogP contribution in [0.15, 0.2) is 36.4 Å². The van der Waals surface area contributed by atoms with E-state index < -0.39 is 11.7 Å². The average molecular weight is 353 g/mol. The number of rotatable bonds is 3. The first-order valence-corrected chi connectivity index (χ1v) is 9.09. The van der Waals surface area contributed by atoms with Gasteiger partial charge < -0.3 is 15.8 Å². The van der Waals surface area contributed by atoms with Crippen LogP contribution in [0.3, 0.4) is 0 Å². The Morgan fingerprint density at radius 3 is 2.35 bits per heavy atom. The molecule has 3 rings (SSSR count). The SMILES string of the molecule is CC(C)(C)OC(=O)Nc1ccc(Nc2ccc3c(c2N)CCCC3)cc1. The highest BCUT2D eigenvalue weighted by Crippen LogP contribution is 2.33. The molecule has 0 heterocycles. The predicted molar refractivity (Wildman–Crippen MR) is 107 cm³/mol. The van der Waals surface area contributed by atoms with Crippen LogP contribution in [0.4, 0.5) is 27.5 Å². The van der Waals surface area contributed by atoms with Crippen LogP contribution in [-0.2, 0) is 17.6 Å². The number of hydrogen-bond acceptors (Lipinski definition) is 4. The van der Waals surface area contributed by atoms with Crippen molar-refractivity contribution in [2.24, 2.45) is 0 Å². The molecule has 26 heavy (non-hydrogen) atoms. The van der Waals surface area contributed by atoms with E-state index in [9.17, 15) is 4.79 Å². The molecule has 2 aromatic carbocycles. The van der Waals surface area contributed by atoms with Gasteiger partial charge in [0, 0.05) is 11.4 Å². The van der Waals surface area contributed by atoms with Crippen LogP contribution >= 0.6 is 0 Å². The highest BCUT2D eigenvalue weighted by atomic mass is 16.6. The zero-order valence-electron chi connectivity index (χ0n) is 15.7. The summed E-state index contributed by atoms with van der Waals surface area (Å²) < 4.78 is 5.25. The van der Waals surface area contributed by atoms with Crippen molar-refractivity contribution in [1.82, 2.24) is 0 Å². The van der Waals surface area contributed by atoms with E-state index in [0.29, 0.717) is 5.69 Å². The summed E-state index contributed by atoms with van der Waals surface area (Å²) in [7, 11) is 0. The van der Waals surface area contributed by atoms with Gasteiger partial charge in [-0.1, -0.05) is 6.07 Å². The van der Waals surface area contributed by atoms with Crippen LogP contribution in [0, 0.1) is 0 Å². The topological polar surface area (TPSA) is 76.4 Å². The van der Waals surface area contributed by atoms with Crippen LogP contribution in [0.5, 0.6) is 0 Å². The number of nitrogens with one attached hydrogen (secondary N) is 2. The quantitative estimate of drug-likeness (QED) is 0.660. The van der Waals surface area contributed by atoms with Gasteiger partial charge in [-0.2, -0.15) is 0 Å². The maximum absolute atomic E-state index is 11.8. The lowest BCUT2D eigenvalue weighted by Crippen LogP contribution is -2.27. The lowest BCUT2D eigenvalue weighted by atomic mass is 9.90. The zero-order valence-corrected chi connectivity index (χ0v) is 15.7. The molecule has 0 saturated carbocycles. The first kappa shape index (κ1) is 18.1. The van der Waals surface area contributed by atoms with Crippen molar-refractivity contribution in [2.75, 3.05) is 16.4 Å². The van der Waals surface area contributed by atoms with Gasteiger partial charge in [0.25, 0.3) is 0 Å². The Bertz CT molecular complexity index is 792. The molecule has 2 aromatic rings. The smallest absolute Gasteiger partial charge is 0.412 e. The number of fused-ring (bicyclic) bond motifs is 1. The Morgan fingerprint density at radius 2 is 1.65 bits per heavy atom. The first-order valence-electron chi connectivity index (χ1n) is 9.09. The number of hydrogen-bond donors (Lipinski definition) is 3. The Labute approximate surface area is 154 Å². The molecule has 1 amide bonds. The summed E-state index contributed by atoms with van der Waals surface area (Å²) in [4.78, 5) is 11.8.